The number of piperidine rings is 1. The van der Waals surface area contributed by atoms with Gasteiger partial charge in [-0.25, -0.2) is 0 Å². The van der Waals surface area contributed by atoms with Crippen molar-refractivity contribution in [1.29, 1.82) is 0 Å². The van der Waals surface area contributed by atoms with E-state index in [0.717, 1.165) is 37.2 Å². The zero-order valence-corrected chi connectivity index (χ0v) is 10.3. The molecule has 1 heterocycles. The first-order chi connectivity index (χ1) is 8.74. The summed E-state index contributed by atoms with van der Waals surface area (Å²) >= 11 is 0. The number of hydrogen-bond acceptors (Lipinski definition) is 5. The van der Waals surface area contributed by atoms with Crippen LogP contribution >= 0.6 is 0 Å². The summed E-state index contributed by atoms with van der Waals surface area (Å²) in [5.41, 5.74) is 14.8. The van der Waals surface area contributed by atoms with Crippen molar-refractivity contribution in [1.82, 2.24) is 5.06 Å². The molecule has 0 spiro atoms. The largest absolute Gasteiger partial charge is 0.399 e. The number of rotatable bonds is 4. The molecule has 5 nitrogen and oxygen atoms in total. The van der Waals surface area contributed by atoms with Crippen LogP contribution in [0.2, 0.25) is 0 Å². The first kappa shape index (κ1) is 12.9. The van der Waals surface area contributed by atoms with Gasteiger partial charge in [-0.3, -0.25) is 4.79 Å². The van der Waals surface area contributed by atoms with Crippen LogP contribution in [0.15, 0.2) is 18.2 Å². The second kappa shape index (κ2) is 5.84. The summed E-state index contributed by atoms with van der Waals surface area (Å²) in [5, 5.41) is 1.69. The second-order valence-electron chi connectivity index (χ2n) is 4.57. The molecule has 4 N–H and O–H groups in total. The predicted octanol–water partition coefficient (Wildman–Crippen LogP) is 0.995. The minimum Gasteiger partial charge on any atom is -0.399 e. The Hall–Kier alpha value is -1.59. The quantitative estimate of drug-likeness (QED) is 0.614. The predicted molar refractivity (Wildman–Crippen MR) is 69.4 cm³/mol. The van der Waals surface area contributed by atoms with Crippen molar-refractivity contribution in [3.8, 4) is 0 Å². The fourth-order valence-corrected chi connectivity index (χ4v) is 2.51. The van der Waals surface area contributed by atoms with Crippen LogP contribution in [0.1, 0.15) is 29.9 Å². The summed E-state index contributed by atoms with van der Waals surface area (Å²) in [6, 6.07) is 5.90. The molecule has 0 aliphatic carbocycles. The van der Waals surface area contributed by atoms with Gasteiger partial charge in [0, 0.05) is 25.3 Å². The van der Waals surface area contributed by atoms with Gasteiger partial charge in [-0.15, -0.1) is 5.06 Å². The van der Waals surface area contributed by atoms with Gasteiger partial charge >= 0.3 is 6.47 Å². The summed E-state index contributed by atoms with van der Waals surface area (Å²) in [5.74, 6) is 0.443. The van der Waals surface area contributed by atoms with Crippen molar-refractivity contribution in [2.24, 2.45) is 5.73 Å². The molecule has 0 aromatic heterocycles. The molecule has 0 saturated carbocycles. The lowest BCUT2D eigenvalue weighted by Crippen LogP contribution is -2.33. The molecule has 1 aliphatic heterocycles. The molecular weight excluding hydrogens is 230 g/mol. The first-order valence-corrected chi connectivity index (χ1v) is 6.18. The number of benzene rings is 1. The Kier molecular flexibility index (Phi) is 4.17. The highest BCUT2D eigenvalue weighted by Gasteiger charge is 2.23. The summed E-state index contributed by atoms with van der Waals surface area (Å²) < 4.78 is 0. The van der Waals surface area contributed by atoms with Crippen LogP contribution in [0.25, 0.3) is 0 Å². The lowest BCUT2D eigenvalue weighted by Gasteiger charge is -2.30. The monoisotopic (exact) mass is 249 g/mol. The van der Waals surface area contributed by atoms with Crippen molar-refractivity contribution >= 4 is 12.2 Å². The smallest absolute Gasteiger partial charge is 0.312 e. The molecular formula is C13H19N3O2. The van der Waals surface area contributed by atoms with Crippen LogP contribution in [-0.4, -0.2) is 24.6 Å². The highest BCUT2D eigenvalue weighted by molar-refractivity contribution is 5.46. The van der Waals surface area contributed by atoms with Crippen LogP contribution in [0, 0.1) is 0 Å². The Morgan fingerprint density at radius 3 is 2.72 bits per heavy atom. The van der Waals surface area contributed by atoms with Crippen molar-refractivity contribution in [2.45, 2.75) is 25.3 Å². The van der Waals surface area contributed by atoms with E-state index in [4.69, 9.17) is 16.3 Å². The molecule has 2 rings (SSSR count). The number of carbonyl (C=O) groups is 1. The van der Waals surface area contributed by atoms with E-state index in [1.54, 1.807) is 5.06 Å². The molecule has 1 fully saturated rings. The fraction of sp³-hybridized carbons (Fsp3) is 0.462. The van der Waals surface area contributed by atoms with Gasteiger partial charge in [0.25, 0.3) is 0 Å². The molecule has 0 bridgehead atoms. The van der Waals surface area contributed by atoms with Crippen LogP contribution in [0.4, 0.5) is 5.69 Å². The molecule has 1 aliphatic rings. The van der Waals surface area contributed by atoms with Crippen molar-refractivity contribution in [3.05, 3.63) is 29.3 Å². The number of nitrogen functional groups attached to an aromatic ring is 1. The molecule has 0 unspecified atom stereocenters. The van der Waals surface area contributed by atoms with Crippen LogP contribution < -0.4 is 11.5 Å². The number of nitrogens with zero attached hydrogens (tertiary/aromatic N) is 1. The Balaban J connectivity index is 2.09. The SMILES string of the molecule is NCc1ccc(N)cc1C1CCN(OC=O)CC1. The Morgan fingerprint density at radius 1 is 1.39 bits per heavy atom. The van der Waals surface area contributed by atoms with Crippen LogP contribution in [0.3, 0.4) is 0 Å². The molecule has 0 radical (unpaired) electrons. The van der Waals surface area contributed by atoms with Crippen molar-refractivity contribution in [2.75, 3.05) is 18.8 Å². The maximum absolute atomic E-state index is 10.3. The number of carbonyl (C=O) groups excluding carboxylic acids is 1. The molecule has 5 heteroatoms. The van der Waals surface area contributed by atoms with Gasteiger partial charge in [0.2, 0.25) is 0 Å². The van der Waals surface area contributed by atoms with Gasteiger partial charge in [0.1, 0.15) is 0 Å². The molecule has 1 aromatic rings. The maximum Gasteiger partial charge on any atom is 0.312 e. The lowest BCUT2D eigenvalue weighted by molar-refractivity contribution is -0.178. The molecule has 1 saturated heterocycles. The van der Waals surface area contributed by atoms with E-state index in [1.165, 1.54) is 5.56 Å². The van der Waals surface area contributed by atoms with Gasteiger partial charge in [0.15, 0.2) is 0 Å². The topological polar surface area (TPSA) is 81.6 Å². The molecule has 0 amide bonds. The summed E-state index contributed by atoms with van der Waals surface area (Å²) in [6.45, 7) is 2.51. The van der Waals surface area contributed by atoms with Gasteiger partial charge in [-0.2, -0.15) is 0 Å². The van der Waals surface area contributed by atoms with Gasteiger partial charge in [-0.1, -0.05) is 6.07 Å². The molecule has 0 atom stereocenters. The van der Waals surface area contributed by atoms with E-state index >= 15 is 0 Å². The highest BCUT2D eigenvalue weighted by atomic mass is 16.7. The second-order valence-corrected chi connectivity index (χ2v) is 4.57. The van der Waals surface area contributed by atoms with E-state index in [1.807, 2.05) is 18.2 Å². The lowest BCUT2D eigenvalue weighted by atomic mass is 9.86. The normalized spacial score (nSPS) is 17.6. The third-order valence-corrected chi connectivity index (χ3v) is 3.48. The zero-order valence-electron chi connectivity index (χ0n) is 10.3. The van der Waals surface area contributed by atoms with Gasteiger partial charge in [0.05, 0.1) is 0 Å². The van der Waals surface area contributed by atoms with E-state index in [0.29, 0.717) is 18.9 Å². The zero-order chi connectivity index (χ0) is 13.0. The van der Waals surface area contributed by atoms with E-state index in [2.05, 4.69) is 0 Å². The maximum atomic E-state index is 10.3. The number of nitrogens with two attached hydrogens (primary N) is 2. The van der Waals surface area contributed by atoms with Crippen molar-refractivity contribution in [3.63, 3.8) is 0 Å². The molecule has 18 heavy (non-hydrogen) atoms. The number of hydroxylamine groups is 2. The summed E-state index contributed by atoms with van der Waals surface area (Å²) in [7, 11) is 0. The summed E-state index contributed by atoms with van der Waals surface area (Å²) in [6.07, 6.45) is 1.90. The third kappa shape index (κ3) is 2.80. The fourth-order valence-electron chi connectivity index (χ4n) is 2.51. The molecule has 1 aromatic carbocycles. The number of hydrogen-bond donors (Lipinski definition) is 2. The number of anilines is 1. The average molecular weight is 249 g/mol. The Labute approximate surface area is 107 Å². The van der Waals surface area contributed by atoms with Gasteiger partial charge < -0.3 is 16.3 Å². The minimum absolute atomic E-state index is 0.443. The van der Waals surface area contributed by atoms with Gasteiger partial charge in [-0.05, 0) is 42.0 Å². The van der Waals surface area contributed by atoms with E-state index in [-0.39, 0.29) is 0 Å². The summed E-state index contributed by atoms with van der Waals surface area (Å²) in [4.78, 5) is 15.1. The van der Waals surface area contributed by atoms with Crippen LogP contribution in [0.5, 0.6) is 0 Å². The van der Waals surface area contributed by atoms with E-state index < -0.39 is 0 Å². The Morgan fingerprint density at radius 2 is 2.11 bits per heavy atom. The standard InChI is InChI=1S/C13H19N3O2/c14-8-11-1-2-12(15)7-13(11)10-3-5-16(6-4-10)18-9-17/h1-2,7,9-10H,3-6,8,14-15H2. The van der Waals surface area contributed by atoms with Crippen LogP contribution in [-0.2, 0) is 16.2 Å². The first-order valence-electron chi connectivity index (χ1n) is 6.18. The average Bonchev–Trinajstić information content (AvgIpc) is 2.40. The Bertz CT molecular complexity index is 415. The molecule has 98 valence electrons. The third-order valence-electron chi connectivity index (χ3n) is 3.48. The van der Waals surface area contributed by atoms with Crippen molar-refractivity contribution < 1.29 is 9.63 Å². The minimum atomic E-state index is 0.443. The highest BCUT2D eigenvalue weighted by Crippen LogP contribution is 2.31. The van der Waals surface area contributed by atoms with E-state index in [9.17, 15) is 4.79 Å².